The molecular weight excluding hydrogens is 226 g/mol. The van der Waals surface area contributed by atoms with E-state index < -0.39 is 0 Å². The van der Waals surface area contributed by atoms with E-state index in [1.807, 2.05) is 11.8 Å². The summed E-state index contributed by atoms with van der Waals surface area (Å²) in [6, 6.07) is 9.31. The zero-order valence-corrected chi connectivity index (χ0v) is 11.5. The Morgan fingerprint density at radius 2 is 2.29 bits per heavy atom. The lowest BCUT2D eigenvalue weighted by atomic mass is 9.98. The molecule has 92 valence electrons. The Balaban J connectivity index is 2.02. The average molecular weight is 247 g/mol. The SMILES string of the molecule is C=C(CC)CC(NC)C1Cc2ccccc2S1. The third-order valence-electron chi connectivity index (χ3n) is 3.50. The number of benzene rings is 1. The molecule has 0 aliphatic carbocycles. The van der Waals surface area contributed by atoms with Crippen LogP contribution in [-0.4, -0.2) is 18.3 Å². The molecule has 2 heteroatoms. The molecule has 0 fully saturated rings. The van der Waals surface area contributed by atoms with Crippen LogP contribution < -0.4 is 5.32 Å². The van der Waals surface area contributed by atoms with Gasteiger partial charge in [-0.15, -0.1) is 11.8 Å². The summed E-state index contributed by atoms with van der Waals surface area (Å²) >= 11 is 2.02. The largest absolute Gasteiger partial charge is 0.316 e. The van der Waals surface area contributed by atoms with E-state index in [1.54, 1.807) is 0 Å². The van der Waals surface area contributed by atoms with E-state index in [2.05, 4.69) is 50.1 Å². The number of rotatable bonds is 5. The van der Waals surface area contributed by atoms with Crippen molar-refractivity contribution >= 4 is 11.8 Å². The number of nitrogens with one attached hydrogen (secondary N) is 1. The van der Waals surface area contributed by atoms with Gasteiger partial charge in [0.15, 0.2) is 0 Å². The Labute approximate surface area is 109 Å². The quantitative estimate of drug-likeness (QED) is 0.797. The van der Waals surface area contributed by atoms with E-state index in [0.29, 0.717) is 11.3 Å². The highest BCUT2D eigenvalue weighted by Gasteiger charge is 2.28. The van der Waals surface area contributed by atoms with Gasteiger partial charge >= 0.3 is 0 Å². The summed E-state index contributed by atoms with van der Waals surface area (Å²) in [4.78, 5) is 1.46. The molecule has 0 saturated carbocycles. The minimum Gasteiger partial charge on any atom is -0.316 e. The second kappa shape index (κ2) is 5.74. The molecule has 0 saturated heterocycles. The van der Waals surface area contributed by atoms with E-state index in [4.69, 9.17) is 0 Å². The molecular formula is C15H21NS. The van der Waals surface area contributed by atoms with E-state index in [9.17, 15) is 0 Å². The van der Waals surface area contributed by atoms with Crippen LogP contribution in [0.1, 0.15) is 25.3 Å². The first-order valence-corrected chi connectivity index (χ1v) is 7.21. The Morgan fingerprint density at radius 3 is 2.94 bits per heavy atom. The lowest BCUT2D eigenvalue weighted by Gasteiger charge is -2.23. The fourth-order valence-corrected chi connectivity index (χ4v) is 3.75. The highest BCUT2D eigenvalue weighted by molar-refractivity contribution is 8.00. The van der Waals surface area contributed by atoms with Crippen molar-refractivity contribution in [1.29, 1.82) is 0 Å². The minimum atomic E-state index is 0.542. The third kappa shape index (κ3) is 2.93. The van der Waals surface area contributed by atoms with Crippen LogP contribution in [0.15, 0.2) is 41.3 Å². The van der Waals surface area contributed by atoms with Crippen molar-refractivity contribution in [2.45, 2.75) is 42.4 Å². The van der Waals surface area contributed by atoms with Crippen LogP contribution in [0.4, 0.5) is 0 Å². The summed E-state index contributed by atoms with van der Waals surface area (Å²) in [7, 11) is 2.07. The maximum Gasteiger partial charge on any atom is 0.0292 e. The topological polar surface area (TPSA) is 12.0 Å². The normalized spacial score (nSPS) is 20.0. The molecule has 0 aromatic heterocycles. The number of fused-ring (bicyclic) bond motifs is 1. The van der Waals surface area contributed by atoms with Crippen molar-refractivity contribution in [1.82, 2.24) is 5.32 Å². The molecule has 0 radical (unpaired) electrons. The molecule has 1 aliphatic heterocycles. The van der Waals surface area contributed by atoms with E-state index in [0.717, 1.165) is 12.8 Å². The van der Waals surface area contributed by atoms with Crippen molar-refractivity contribution in [3.8, 4) is 0 Å². The van der Waals surface area contributed by atoms with Crippen molar-refractivity contribution in [3.63, 3.8) is 0 Å². The molecule has 17 heavy (non-hydrogen) atoms. The first kappa shape index (κ1) is 12.7. The van der Waals surface area contributed by atoms with Crippen molar-refractivity contribution in [2.75, 3.05) is 7.05 Å². The first-order valence-electron chi connectivity index (χ1n) is 6.33. The highest BCUT2D eigenvalue weighted by Crippen LogP contribution is 2.39. The van der Waals surface area contributed by atoms with Gasteiger partial charge in [-0.3, -0.25) is 0 Å². The van der Waals surface area contributed by atoms with Crippen LogP contribution in [-0.2, 0) is 6.42 Å². The molecule has 1 heterocycles. The highest BCUT2D eigenvalue weighted by atomic mass is 32.2. The Kier molecular flexibility index (Phi) is 4.30. The predicted molar refractivity (Wildman–Crippen MR) is 76.7 cm³/mol. The summed E-state index contributed by atoms with van der Waals surface area (Å²) in [6.45, 7) is 6.32. The molecule has 1 aliphatic rings. The Morgan fingerprint density at radius 1 is 1.53 bits per heavy atom. The molecule has 0 amide bonds. The standard InChI is InChI=1S/C15H21NS/c1-4-11(2)9-13(16-3)15-10-12-7-5-6-8-14(12)17-15/h5-8,13,15-16H,2,4,9-10H2,1,3H3. The number of hydrogen-bond donors (Lipinski definition) is 1. The average Bonchev–Trinajstić information content (AvgIpc) is 2.78. The smallest absolute Gasteiger partial charge is 0.0292 e. The fraction of sp³-hybridized carbons (Fsp3) is 0.467. The molecule has 1 nitrogen and oxygen atoms in total. The lowest BCUT2D eigenvalue weighted by molar-refractivity contribution is 0.531. The second-order valence-electron chi connectivity index (χ2n) is 4.67. The Bertz CT molecular complexity index is 375. The lowest BCUT2D eigenvalue weighted by Crippen LogP contribution is -2.35. The number of hydrogen-bond acceptors (Lipinski definition) is 2. The molecule has 2 rings (SSSR count). The summed E-state index contributed by atoms with van der Waals surface area (Å²) in [5.41, 5.74) is 2.85. The van der Waals surface area contributed by atoms with Gasteiger partial charge in [0.2, 0.25) is 0 Å². The van der Waals surface area contributed by atoms with Crippen LogP contribution >= 0.6 is 11.8 Å². The molecule has 0 bridgehead atoms. The van der Waals surface area contributed by atoms with Gasteiger partial charge in [0.25, 0.3) is 0 Å². The van der Waals surface area contributed by atoms with Crippen molar-refractivity contribution in [2.24, 2.45) is 0 Å². The van der Waals surface area contributed by atoms with E-state index in [-0.39, 0.29) is 0 Å². The van der Waals surface area contributed by atoms with Crippen molar-refractivity contribution in [3.05, 3.63) is 42.0 Å². The molecule has 1 aromatic carbocycles. The predicted octanol–water partition coefficient (Wildman–Crippen LogP) is 3.65. The molecule has 1 N–H and O–H groups in total. The summed E-state index contributed by atoms with van der Waals surface area (Å²) in [5, 5.41) is 4.12. The van der Waals surface area contributed by atoms with Gasteiger partial charge in [-0.2, -0.15) is 0 Å². The van der Waals surface area contributed by atoms with Gasteiger partial charge < -0.3 is 5.32 Å². The van der Waals surface area contributed by atoms with E-state index in [1.165, 1.54) is 22.5 Å². The fourth-order valence-electron chi connectivity index (χ4n) is 2.31. The Hall–Kier alpha value is -0.730. The summed E-state index contributed by atoms with van der Waals surface area (Å²) in [6.07, 6.45) is 3.37. The van der Waals surface area contributed by atoms with Crippen LogP contribution in [0, 0.1) is 0 Å². The zero-order chi connectivity index (χ0) is 12.3. The van der Waals surface area contributed by atoms with Gasteiger partial charge in [0.05, 0.1) is 0 Å². The first-order chi connectivity index (χ1) is 8.24. The summed E-state index contributed by atoms with van der Waals surface area (Å²) < 4.78 is 0. The molecule has 0 spiro atoms. The monoisotopic (exact) mass is 247 g/mol. The van der Waals surface area contributed by atoms with Gasteiger partial charge in [0.1, 0.15) is 0 Å². The third-order valence-corrected chi connectivity index (χ3v) is 4.95. The maximum absolute atomic E-state index is 4.13. The van der Waals surface area contributed by atoms with Crippen LogP contribution in [0.5, 0.6) is 0 Å². The van der Waals surface area contributed by atoms with Crippen LogP contribution in [0.25, 0.3) is 0 Å². The van der Waals surface area contributed by atoms with Crippen LogP contribution in [0.2, 0.25) is 0 Å². The second-order valence-corrected chi connectivity index (χ2v) is 5.95. The van der Waals surface area contributed by atoms with Gasteiger partial charge in [-0.05, 0) is 37.9 Å². The zero-order valence-electron chi connectivity index (χ0n) is 10.7. The van der Waals surface area contributed by atoms with E-state index >= 15 is 0 Å². The van der Waals surface area contributed by atoms with Gasteiger partial charge in [-0.1, -0.05) is 37.3 Å². The number of thioether (sulfide) groups is 1. The minimum absolute atomic E-state index is 0.542. The molecule has 2 unspecified atom stereocenters. The van der Waals surface area contributed by atoms with Gasteiger partial charge in [0, 0.05) is 16.2 Å². The molecule has 2 atom stereocenters. The van der Waals surface area contributed by atoms with Crippen molar-refractivity contribution < 1.29 is 0 Å². The van der Waals surface area contributed by atoms with Gasteiger partial charge in [-0.25, -0.2) is 0 Å². The molecule has 1 aromatic rings. The maximum atomic E-state index is 4.13. The van der Waals surface area contributed by atoms with Crippen LogP contribution in [0.3, 0.4) is 0 Å². The summed E-state index contributed by atoms with van der Waals surface area (Å²) in [5.74, 6) is 0.